The highest BCUT2D eigenvalue weighted by Gasteiger charge is 2.09. The molecule has 22 heavy (non-hydrogen) atoms. The van der Waals surface area contributed by atoms with Gasteiger partial charge in [0.1, 0.15) is 5.82 Å². The lowest BCUT2D eigenvalue weighted by molar-refractivity contribution is 0.0127. The molecule has 0 saturated carbocycles. The average Bonchev–Trinajstić information content (AvgIpc) is 2.48. The molecule has 2 aromatic carbocycles. The van der Waals surface area contributed by atoms with Crippen LogP contribution in [0, 0.1) is 5.82 Å². The van der Waals surface area contributed by atoms with E-state index in [1.54, 1.807) is 6.07 Å². The molecule has 1 unspecified atom stereocenters. The predicted octanol–water partition coefficient (Wildman–Crippen LogP) is 2.84. The molecule has 2 rings (SSSR count). The zero-order chi connectivity index (χ0) is 15.8. The van der Waals surface area contributed by atoms with Crippen molar-refractivity contribution in [1.82, 2.24) is 4.90 Å². The smallest absolute Gasteiger partial charge is 0.123 e. The highest BCUT2D eigenvalue weighted by molar-refractivity contribution is 5.16. The Balaban J connectivity index is 1.69. The largest absolute Gasteiger partial charge is 0.389 e. The summed E-state index contributed by atoms with van der Waals surface area (Å²) in [4.78, 5) is 1.95. The quantitative estimate of drug-likeness (QED) is 0.814. The Labute approximate surface area is 131 Å². The fourth-order valence-electron chi connectivity index (χ4n) is 2.31. The molecule has 0 amide bonds. The van der Waals surface area contributed by atoms with Crippen LogP contribution in [0.15, 0.2) is 54.6 Å². The van der Waals surface area contributed by atoms with E-state index < -0.39 is 6.10 Å². The van der Waals surface area contributed by atoms with Crippen LogP contribution in [0.1, 0.15) is 11.1 Å². The van der Waals surface area contributed by atoms with Crippen LogP contribution in [0.25, 0.3) is 0 Å². The number of likely N-dealkylation sites (N-methyl/N-ethyl adjacent to an activating group) is 1. The molecule has 0 fully saturated rings. The minimum atomic E-state index is -0.567. The molecular weight excluding hydrogens is 281 g/mol. The summed E-state index contributed by atoms with van der Waals surface area (Å²) < 4.78 is 18.6. The zero-order valence-corrected chi connectivity index (χ0v) is 12.8. The van der Waals surface area contributed by atoms with Crippen molar-refractivity contribution in [2.45, 2.75) is 19.3 Å². The maximum atomic E-state index is 13.1. The topological polar surface area (TPSA) is 32.7 Å². The Hall–Kier alpha value is -1.75. The summed E-state index contributed by atoms with van der Waals surface area (Å²) in [6, 6.07) is 16.4. The van der Waals surface area contributed by atoms with Gasteiger partial charge in [-0.1, -0.05) is 42.5 Å². The number of ether oxygens (including phenoxy) is 1. The van der Waals surface area contributed by atoms with Crippen LogP contribution in [0.3, 0.4) is 0 Å². The second kappa shape index (κ2) is 8.63. The van der Waals surface area contributed by atoms with Gasteiger partial charge in [0.25, 0.3) is 0 Å². The number of benzene rings is 2. The average molecular weight is 303 g/mol. The van der Waals surface area contributed by atoms with Gasteiger partial charge in [0, 0.05) is 13.1 Å². The molecule has 0 aliphatic carbocycles. The molecule has 2 aromatic rings. The SMILES string of the molecule is CN(Cc1cccc(F)c1)CC(O)COCc1ccccc1. The van der Waals surface area contributed by atoms with Gasteiger partial charge in [-0.05, 0) is 30.3 Å². The molecule has 118 valence electrons. The monoisotopic (exact) mass is 303 g/mol. The van der Waals surface area contributed by atoms with Crippen LogP contribution in [-0.4, -0.2) is 36.3 Å². The summed E-state index contributed by atoms with van der Waals surface area (Å²) in [6.07, 6.45) is -0.567. The number of halogens is 1. The van der Waals surface area contributed by atoms with Gasteiger partial charge in [0.15, 0.2) is 0 Å². The van der Waals surface area contributed by atoms with Crippen LogP contribution in [-0.2, 0) is 17.9 Å². The van der Waals surface area contributed by atoms with E-state index in [0.717, 1.165) is 11.1 Å². The Morgan fingerprint density at radius 3 is 2.55 bits per heavy atom. The van der Waals surface area contributed by atoms with Crippen LogP contribution < -0.4 is 0 Å². The summed E-state index contributed by atoms with van der Waals surface area (Å²) in [7, 11) is 1.89. The Kier molecular flexibility index (Phi) is 6.52. The van der Waals surface area contributed by atoms with Crippen molar-refractivity contribution < 1.29 is 14.2 Å². The van der Waals surface area contributed by atoms with Crippen molar-refractivity contribution in [3.8, 4) is 0 Å². The third-order valence-corrected chi connectivity index (χ3v) is 3.29. The third kappa shape index (κ3) is 5.93. The first-order chi connectivity index (χ1) is 10.6. The van der Waals surface area contributed by atoms with Gasteiger partial charge in [-0.3, -0.25) is 4.90 Å². The minimum absolute atomic E-state index is 0.238. The Morgan fingerprint density at radius 2 is 1.82 bits per heavy atom. The van der Waals surface area contributed by atoms with E-state index in [1.807, 2.05) is 48.3 Å². The maximum Gasteiger partial charge on any atom is 0.123 e. The van der Waals surface area contributed by atoms with Crippen LogP contribution >= 0.6 is 0 Å². The van der Waals surface area contributed by atoms with Gasteiger partial charge in [-0.2, -0.15) is 0 Å². The molecule has 1 atom stereocenters. The highest BCUT2D eigenvalue weighted by Crippen LogP contribution is 2.07. The van der Waals surface area contributed by atoms with E-state index in [2.05, 4.69) is 0 Å². The minimum Gasteiger partial charge on any atom is -0.389 e. The van der Waals surface area contributed by atoms with E-state index in [9.17, 15) is 9.50 Å². The molecule has 1 N–H and O–H groups in total. The molecule has 0 saturated heterocycles. The number of nitrogens with zero attached hydrogens (tertiary/aromatic N) is 1. The van der Waals surface area contributed by atoms with Crippen molar-refractivity contribution >= 4 is 0 Å². The molecule has 3 nitrogen and oxygen atoms in total. The standard InChI is InChI=1S/C18H22FNO2/c1-20(11-16-8-5-9-17(19)10-16)12-18(21)14-22-13-15-6-3-2-4-7-15/h2-10,18,21H,11-14H2,1H3. The number of hydrogen-bond donors (Lipinski definition) is 1. The van der Waals surface area contributed by atoms with Crippen LogP contribution in [0.2, 0.25) is 0 Å². The molecule has 0 aliphatic rings. The van der Waals surface area contributed by atoms with Crippen molar-refractivity contribution in [3.63, 3.8) is 0 Å². The van der Waals surface area contributed by atoms with Crippen molar-refractivity contribution in [2.24, 2.45) is 0 Å². The maximum absolute atomic E-state index is 13.1. The summed E-state index contributed by atoms with van der Waals surface area (Å²) >= 11 is 0. The number of aliphatic hydroxyl groups is 1. The molecule has 0 aromatic heterocycles. The summed E-state index contributed by atoms with van der Waals surface area (Å²) in [5.41, 5.74) is 1.97. The predicted molar refractivity (Wildman–Crippen MR) is 84.8 cm³/mol. The molecule has 0 heterocycles. The molecule has 0 aliphatic heterocycles. The van der Waals surface area contributed by atoms with Crippen molar-refractivity contribution in [2.75, 3.05) is 20.2 Å². The summed E-state index contributed by atoms with van der Waals surface area (Å²) in [5, 5.41) is 9.99. The Morgan fingerprint density at radius 1 is 1.09 bits per heavy atom. The number of hydrogen-bond acceptors (Lipinski definition) is 3. The lowest BCUT2D eigenvalue weighted by Crippen LogP contribution is -2.31. The molecule has 0 radical (unpaired) electrons. The van der Waals surface area contributed by atoms with E-state index in [4.69, 9.17) is 4.74 Å². The lowest BCUT2D eigenvalue weighted by atomic mass is 10.2. The number of rotatable bonds is 8. The highest BCUT2D eigenvalue weighted by atomic mass is 19.1. The molecule has 0 bridgehead atoms. The zero-order valence-electron chi connectivity index (χ0n) is 12.8. The Bertz CT molecular complexity index is 562. The normalized spacial score (nSPS) is 12.5. The van der Waals surface area contributed by atoms with Crippen LogP contribution in [0.5, 0.6) is 0 Å². The second-order valence-corrected chi connectivity index (χ2v) is 5.48. The van der Waals surface area contributed by atoms with Crippen molar-refractivity contribution in [3.05, 3.63) is 71.5 Å². The van der Waals surface area contributed by atoms with E-state index in [1.165, 1.54) is 12.1 Å². The van der Waals surface area contributed by atoms with Gasteiger partial charge < -0.3 is 9.84 Å². The molecular formula is C18H22FNO2. The van der Waals surface area contributed by atoms with Gasteiger partial charge in [0.05, 0.1) is 19.3 Å². The number of aliphatic hydroxyl groups excluding tert-OH is 1. The van der Waals surface area contributed by atoms with Gasteiger partial charge >= 0.3 is 0 Å². The first-order valence-corrected chi connectivity index (χ1v) is 7.36. The third-order valence-electron chi connectivity index (χ3n) is 3.29. The molecule has 0 spiro atoms. The van der Waals surface area contributed by atoms with Crippen LogP contribution in [0.4, 0.5) is 4.39 Å². The van der Waals surface area contributed by atoms with Gasteiger partial charge in [-0.15, -0.1) is 0 Å². The van der Waals surface area contributed by atoms with Gasteiger partial charge in [-0.25, -0.2) is 4.39 Å². The van der Waals surface area contributed by atoms with Gasteiger partial charge in [0.2, 0.25) is 0 Å². The second-order valence-electron chi connectivity index (χ2n) is 5.48. The fourth-order valence-corrected chi connectivity index (χ4v) is 2.31. The van der Waals surface area contributed by atoms with Crippen molar-refractivity contribution in [1.29, 1.82) is 0 Å². The first-order valence-electron chi connectivity index (χ1n) is 7.36. The van der Waals surface area contributed by atoms with E-state index in [-0.39, 0.29) is 12.4 Å². The molecule has 4 heteroatoms. The summed E-state index contributed by atoms with van der Waals surface area (Å²) in [5.74, 6) is -0.238. The lowest BCUT2D eigenvalue weighted by Gasteiger charge is -2.20. The summed E-state index contributed by atoms with van der Waals surface area (Å²) in [6.45, 7) is 1.84. The fraction of sp³-hybridized carbons (Fsp3) is 0.333. The van der Waals surface area contributed by atoms with E-state index >= 15 is 0 Å². The first kappa shape index (κ1) is 16.6. The van der Waals surface area contributed by atoms with E-state index in [0.29, 0.717) is 19.7 Å².